The van der Waals surface area contributed by atoms with Crippen LogP contribution >= 0.6 is 0 Å². The highest BCUT2D eigenvalue weighted by Crippen LogP contribution is 2.25. The molecule has 90 valence electrons. The van der Waals surface area contributed by atoms with E-state index in [2.05, 4.69) is 5.32 Å². The second-order valence-electron chi connectivity index (χ2n) is 3.03. The average Bonchev–Trinajstić information content (AvgIpc) is 2.14. The standard InChI is InChI=1S/C8H11F2N3O2S/c9-7(10)4-13-5-2-1-3-6(8(5)11)16(12,14)15/h1-3,7,13H,4,11H2,(H2,12,14,15). The van der Waals surface area contributed by atoms with Crippen LogP contribution in [0.15, 0.2) is 23.1 Å². The van der Waals surface area contributed by atoms with Crippen LogP contribution in [0.25, 0.3) is 0 Å². The predicted octanol–water partition coefficient (Wildman–Crippen LogP) is 0.593. The predicted molar refractivity (Wildman–Crippen MR) is 56.7 cm³/mol. The minimum atomic E-state index is -3.95. The number of nitrogen functional groups attached to an aromatic ring is 1. The average molecular weight is 251 g/mol. The monoisotopic (exact) mass is 251 g/mol. The molecule has 5 N–H and O–H groups in total. The number of alkyl halides is 2. The second-order valence-corrected chi connectivity index (χ2v) is 4.56. The Balaban J connectivity index is 3.05. The largest absolute Gasteiger partial charge is 0.396 e. The van der Waals surface area contributed by atoms with Gasteiger partial charge in [-0.1, -0.05) is 6.07 Å². The van der Waals surface area contributed by atoms with Crippen LogP contribution in [0.4, 0.5) is 20.2 Å². The van der Waals surface area contributed by atoms with Gasteiger partial charge in [0.25, 0.3) is 6.43 Å². The molecule has 0 aliphatic heterocycles. The Morgan fingerprint density at radius 2 is 2.00 bits per heavy atom. The van der Waals surface area contributed by atoms with Gasteiger partial charge in [0.2, 0.25) is 10.0 Å². The van der Waals surface area contributed by atoms with Crippen molar-refractivity contribution in [3.8, 4) is 0 Å². The van der Waals surface area contributed by atoms with E-state index >= 15 is 0 Å². The van der Waals surface area contributed by atoms with Crippen molar-refractivity contribution in [1.82, 2.24) is 0 Å². The van der Waals surface area contributed by atoms with Crippen molar-refractivity contribution in [3.05, 3.63) is 18.2 Å². The Bertz CT molecular complexity index is 476. The molecule has 0 spiro atoms. The topological polar surface area (TPSA) is 98.2 Å². The quantitative estimate of drug-likeness (QED) is 0.682. The van der Waals surface area contributed by atoms with Crippen LogP contribution in [0.5, 0.6) is 0 Å². The first-order valence-corrected chi connectivity index (χ1v) is 5.80. The highest BCUT2D eigenvalue weighted by molar-refractivity contribution is 7.89. The number of halogens is 2. The zero-order chi connectivity index (χ0) is 12.3. The fourth-order valence-electron chi connectivity index (χ4n) is 1.13. The van der Waals surface area contributed by atoms with E-state index in [-0.39, 0.29) is 16.3 Å². The molecule has 0 atom stereocenters. The summed E-state index contributed by atoms with van der Waals surface area (Å²) < 4.78 is 46.0. The van der Waals surface area contributed by atoms with Crippen molar-refractivity contribution in [2.24, 2.45) is 5.14 Å². The number of sulfonamides is 1. The van der Waals surface area contributed by atoms with Gasteiger partial charge in [0, 0.05) is 0 Å². The number of anilines is 2. The van der Waals surface area contributed by atoms with E-state index in [0.29, 0.717) is 0 Å². The van der Waals surface area contributed by atoms with Gasteiger partial charge in [-0.25, -0.2) is 22.3 Å². The fourth-order valence-corrected chi connectivity index (χ4v) is 1.82. The Hall–Kier alpha value is -1.41. The van der Waals surface area contributed by atoms with E-state index < -0.39 is 23.0 Å². The summed E-state index contributed by atoms with van der Waals surface area (Å²) in [6, 6.07) is 3.97. The molecular formula is C8H11F2N3O2S. The maximum atomic E-state index is 11.9. The highest BCUT2D eigenvalue weighted by atomic mass is 32.2. The van der Waals surface area contributed by atoms with E-state index in [4.69, 9.17) is 10.9 Å². The maximum Gasteiger partial charge on any atom is 0.255 e. The van der Waals surface area contributed by atoms with Crippen LogP contribution in [0.2, 0.25) is 0 Å². The van der Waals surface area contributed by atoms with Gasteiger partial charge >= 0.3 is 0 Å². The lowest BCUT2D eigenvalue weighted by Gasteiger charge is -2.11. The zero-order valence-electron chi connectivity index (χ0n) is 8.15. The van der Waals surface area contributed by atoms with Crippen molar-refractivity contribution in [3.63, 3.8) is 0 Å². The molecule has 0 aromatic heterocycles. The summed E-state index contributed by atoms with van der Waals surface area (Å²) in [6.07, 6.45) is -2.56. The Morgan fingerprint density at radius 3 is 2.50 bits per heavy atom. The maximum absolute atomic E-state index is 11.9. The molecule has 1 aromatic carbocycles. The molecule has 0 aliphatic rings. The van der Waals surface area contributed by atoms with E-state index in [1.54, 1.807) is 0 Å². The van der Waals surface area contributed by atoms with Crippen molar-refractivity contribution in [2.75, 3.05) is 17.6 Å². The molecule has 0 radical (unpaired) electrons. The Labute approximate surface area is 91.5 Å². The fraction of sp³-hybridized carbons (Fsp3) is 0.250. The number of primary sulfonamides is 1. The van der Waals surface area contributed by atoms with Gasteiger partial charge in [-0.15, -0.1) is 0 Å². The molecule has 0 aliphatic carbocycles. The lowest BCUT2D eigenvalue weighted by atomic mass is 10.2. The van der Waals surface area contributed by atoms with Crippen molar-refractivity contribution < 1.29 is 17.2 Å². The molecule has 8 heteroatoms. The highest BCUT2D eigenvalue weighted by Gasteiger charge is 2.15. The lowest BCUT2D eigenvalue weighted by Crippen LogP contribution is -2.17. The van der Waals surface area contributed by atoms with Crippen LogP contribution in [0.1, 0.15) is 0 Å². The van der Waals surface area contributed by atoms with E-state index in [1.165, 1.54) is 18.2 Å². The molecule has 0 fully saturated rings. The molecule has 0 saturated heterocycles. The van der Waals surface area contributed by atoms with Gasteiger partial charge in [0.15, 0.2) is 0 Å². The first kappa shape index (κ1) is 12.7. The van der Waals surface area contributed by atoms with Crippen molar-refractivity contribution in [2.45, 2.75) is 11.3 Å². The van der Waals surface area contributed by atoms with E-state index in [0.717, 1.165) is 0 Å². The van der Waals surface area contributed by atoms with Gasteiger partial charge in [-0.3, -0.25) is 0 Å². The summed E-state index contributed by atoms with van der Waals surface area (Å²) in [5.74, 6) is 0. The number of benzene rings is 1. The molecule has 16 heavy (non-hydrogen) atoms. The third-order valence-corrected chi connectivity index (χ3v) is 2.79. The van der Waals surface area contributed by atoms with Gasteiger partial charge < -0.3 is 11.1 Å². The number of rotatable bonds is 4. The molecule has 1 rings (SSSR count). The Kier molecular flexibility index (Phi) is 3.66. The van der Waals surface area contributed by atoms with Crippen LogP contribution in [-0.4, -0.2) is 21.4 Å². The van der Waals surface area contributed by atoms with Gasteiger partial charge in [-0.05, 0) is 12.1 Å². The van der Waals surface area contributed by atoms with Gasteiger partial charge in [0.05, 0.1) is 17.9 Å². The first-order valence-electron chi connectivity index (χ1n) is 4.25. The van der Waals surface area contributed by atoms with E-state index in [1.807, 2.05) is 0 Å². The summed E-state index contributed by atoms with van der Waals surface area (Å²) in [6.45, 7) is -0.613. The number of nitrogens with one attached hydrogen (secondary N) is 1. The number of para-hydroxylation sites is 1. The molecule has 5 nitrogen and oxygen atoms in total. The van der Waals surface area contributed by atoms with Crippen molar-refractivity contribution in [1.29, 1.82) is 0 Å². The lowest BCUT2D eigenvalue weighted by molar-refractivity contribution is 0.163. The number of hydrogen-bond donors (Lipinski definition) is 3. The van der Waals surface area contributed by atoms with Crippen LogP contribution in [-0.2, 0) is 10.0 Å². The molecular weight excluding hydrogens is 240 g/mol. The summed E-state index contributed by atoms with van der Waals surface area (Å²) in [7, 11) is -3.95. The molecule has 1 aromatic rings. The summed E-state index contributed by atoms with van der Waals surface area (Å²) in [5, 5.41) is 7.23. The van der Waals surface area contributed by atoms with Crippen LogP contribution < -0.4 is 16.2 Å². The molecule has 0 saturated carbocycles. The number of hydrogen-bond acceptors (Lipinski definition) is 4. The van der Waals surface area contributed by atoms with Gasteiger partial charge in [0.1, 0.15) is 4.90 Å². The SMILES string of the molecule is Nc1c(NCC(F)F)cccc1S(N)(=O)=O. The third-order valence-electron chi connectivity index (χ3n) is 1.82. The van der Waals surface area contributed by atoms with Crippen LogP contribution in [0, 0.1) is 0 Å². The minimum absolute atomic E-state index is 0.117. The number of nitrogens with two attached hydrogens (primary N) is 2. The van der Waals surface area contributed by atoms with Crippen LogP contribution in [0.3, 0.4) is 0 Å². The summed E-state index contributed by atoms with van der Waals surface area (Å²) >= 11 is 0. The minimum Gasteiger partial charge on any atom is -0.396 e. The van der Waals surface area contributed by atoms with E-state index in [9.17, 15) is 17.2 Å². The second kappa shape index (κ2) is 4.62. The van der Waals surface area contributed by atoms with Crippen molar-refractivity contribution >= 4 is 21.4 Å². The Morgan fingerprint density at radius 1 is 1.38 bits per heavy atom. The third kappa shape index (κ3) is 3.04. The molecule has 0 bridgehead atoms. The summed E-state index contributed by atoms with van der Waals surface area (Å²) in [5.41, 5.74) is 5.45. The normalized spacial score (nSPS) is 11.8. The zero-order valence-corrected chi connectivity index (χ0v) is 8.97. The molecule has 0 unspecified atom stereocenters. The molecule has 0 amide bonds. The smallest absolute Gasteiger partial charge is 0.255 e. The van der Waals surface area contributed by atoms with Gasteiger partial charge in [-0.2, -0.15) is 0 Å². The summed E-state index contributed by atoms with van der Waals surface area (Å²) in [4.78, 5) is -0.285. The first-order chi connectivity index (χ1) is 7.32. The molecule has 0 heterocycles.